The van der Waals surface area contributed by atoms with Crippen molar-refractivity contribution in [3.63, 3.8) is 0 Å². The van der Waals surface area contributed by atoms with Crippen molar-refractivity contribution in [2.24, 2.45) is 0 Å². The van der Waals surface area contributed by atoms with Gasteiger partial charge in [-0.1, -0.05) is 24.3 Å². The fraction of sp³-hybridized carbons (Fsp3) is 0.364. The van der Waals surface area contributed by atoms with Gasteiger partial charge in [-0.15, -0.1) is 5.10 Å². The number of para-hydroxylation sites is 1. The Morgan fingerprint density at radius 3 is 2.90 bits per heavy atom. The van der Waals surface area contributed by atoms with Crippen LogP contribution in [0.25, 0.3) is 10.9 Å². The smallest absolute Gasteiger partial charge is 0.171 e. The average Bonchev–Trinajstić information content (AvgIpc) is 3.43. The zero-order valence-corrected chi connectivity index (χ0v) is 17.6. The van der Waals surface area contributed by atoms with E-state index < -0.39 is 0 Å². The first-order valence-electron chi connectivity index (χ1n) is 10.4. The Labute approximate surface area is 179 Å². The van der Waals surface area contributed by atoms with Gasteiger partial charge in [-0.3, -0.25) is 4.98 Å². The third-order valence-electron chi connectivity index (χ3n) is 5.89. The van der Waals surface area contributed by atoms with Gasteiger partial charge in [0.2, 0.25) is 0 Å². The SMILES string of the molecule is c1cncc(Cn2nnnc2C2(NCCc3c[nH]c4ccccc34)CCSCC2)c1. The molecular formula is C22H25N7S. The lowest BCUT2D eigenvalue weighted by molar-refractivity contribution is 0.278. The van der Waals surface area contributed by atoms with E-state index in [1.807, 2.05) is 28.7 Å². The predicted octanol–water partition coefficient (Wildman–Crippen LogP) is 3.15. The second-order valence-corrected chi connectivity index (χ2v) is 8.98. The van der Waals surface area contributed by atoms with Crippen LogP contribution in [0.1, 0.15) is 29.8 Å². The normalized spacial score (nSPS) is 16.1. The molecule has 154 valence electrons. The molecule has 0 radical (unpaired) electrons. The van der Waals surface area contributed by atoms with Gasteiger partial charge in [0.25, 0.3) is 0 Å². The molecule has 1 aliphatic heterocycles. The summed E-state index contributed by atoms with van der Waals surface area (Å²) >= 11 is 2.00. The number of hydrogen-bond donors (Lipinski definition) is 2. The molecule has 7 nitrogen and oxygen atoms in total. The zero-order chi connectivity index (χ0) is 20.2. The van der Waals surface area contributed by atoms with Crippen molar-refractivity contribution in [2.45, 2.75) is 31.3 Å². The van der Waals surface area contributed by atoms with Gasteiger partial charge < -0.3 is 10.3 Å². The summed E-state index contributed by atoms with van der Waals surface area (Å²) in [6.07, 6.45) is 8.80. The highest BCUT2D eigenvalue weighted by Gasteiger charge is 2.38. The van der Waals surface area contributed by atoms with Gasteiger partial charge in [-0.25, -0.2) is 4.68 Å². The zero-order valence-electron chi connectivity index (χ0n) is 16.8. The van der Waals surface area contributed by atoms with Crippen LogP contribution in [-0.2, 0) is 18.5 Å². The molecule has 0 atom stereocenters. The van der Waals surface area contributed by atoms with E-state index >= 15 is 0 Å². The molecule has 30 heavy (non-hydrogen) atoms. The third kappa shape index (κ3) is 3.85. The largest absolute Gasteiger partial charge is 0.361 e. The van der Waals surface area contributed by atoms with Crippen molar-refractivity contribution in [3.8, 4) is 0 Å². The quantitative estimate of drug-likeness (QED) is 0.479. The Bertz CT molecular complexity index is 1100. The molecule has 0 spiro atoms. The third-order valence-corrected chi connectivity index (χ3v) is 6.88. The van der Waals surface area contributed by atoms with E-state index in [-0.39, 0.29) is 5.54 Å². The summed E-state index contributed by atoms with van der Waals surface area (Å²) in [6.45, 7) is 1.52. The minimum atomic E-state index is -0.191. The monoisotopic (exact) mass is 419 g/mol. The molecule has 4 heterocycles. The highest BCUT2D eigenvalue weighted by molar-refractivity contribution is 7.99. The molecule has 0 unspecified atom stereocenters. The predicted molar refractivity (Wildman–Crippen MR) is 119 cm³/mol. The number of aromatic nitrogens is 6. The molecule has 1 saturated heterocycles. The van der Waals surface area contributed by atoms with Crippen LogP contribution in [0.3, 0.4) is 0 Å². The van der Waals surface area contributed by atoms with E-state index in [2.05, 4.69) is 67.3 Å². The Hall–Kier alpha value is -2.71. The standard InChI is InChI=1S/C22H25N7S/c1-2-6-20-19(5-1)18(15-24-20)7-11-25-22(8-12-30-13-9-22)21-26-27-28-29(21)16-17-4-3-10-23-14-17/h1-6,10,14-15,24-25H,7-9,11-13,16H2. The van der Waals surface area contributed by atoms with Crippen molar-refractivity contribution in [3.05, 3.63) is 71.9 Å². The van der Waals surface area contributed by atoms with E-state index in [9.17, 15) is 0 Å². The maximum Gasteiger partial charge on any atom is 0.171 e. The number of pyridine rings is 1. The molecule has 0 bridgehead atoms. The minimum absolute atomic E-state index is 0.191. The van der Waals surface area contributed by atoms with Crippen molar-refractivity contribution in [1.82, 2.24) is 35.5 Å². The lowest BCUT2D eigenvalue weighted by Gasteiger charge is -2.36. The van der Waals surface area contributed by atoms with E-state index in [0.29, 0.717) is 6.54 Å². The van der Waals surface area contributed by atoms with Crippen LogP contribution < -0.4 is 5.32 Å². The van der Waals surface area contributed by atoms with Crippen LogP contribution in [0, 0.1) is 0 Å². The number of nitrogens with one attached hydrogen (secondary N) is 2. The number of nitrogens with zero attached hydrogens (tertiary/aromatic N) is 5. The van der Waals surface area contributed by atoms with E-state index in [4.69, 9.17) is 0 Å². The highest BCUT2D eigenvalue weighted by Crippen LogP contribution is 2.35. The molecule has 1 fully saturated rings. The fourth-order valence-corrected chi connectivity index (χ4v) is 5.48. The highest BCUT2D eigenvalue weighted by atomic mass is 32.2. The summed E-state index contributed by atoms with van der Waals surface area (Å²) in [6, 6.07) is 12.5. The molecule has 1 aliphatic rings. The molecule has 0 amide bonds. The van der Waals surface area contributed by atoms with Gasteiger partial charge >= 0.3 is 0 Å². The Morgan fingerprint density at radius 1 is 1.13 bits per heavy atom. The number of tetrazole rings is 1. The van der Waals surface area contributed by atoms with E-state index in [1.165, 1.54) is 16.5 Å². The minimum Gasteiger partial charge on any atom is -0.361 e. The number of benzene rings is 1. The Balaban J connectivity index is 1.36. The van der Waals surface area contributed by atoms with Crippen molar-refractivity contribution < 1.29 is 0 Å². The molecule has 3 aromatic heterocycles. The fourth-order valence-electron chi connectivity index (χ4n) is 4.29. The molecule has 0 aliphatic carbocycles. The maximum atomic E-state index is 4.48. The molecule has 2 N–H and O–H groups in total. The first-order valence-corrected chi connectivity index (χ1v) is 11.5. The summed E-state index contributed by atoms with van der Waals surface area (Å²) < 4.78 is 1.94. The second-order valence-electron chi connectivity index (χ2n) is 7.75. The first-order chi connectivity index (χ1) is 14.8. The van der Waals surface area contributed by atoms with Gasteiger partial charge in [0.1, 0.15) is 0 Å². The van der Waals surface area contributed by atoms with Crippen LogP contribution >= 0.6 is 11.8 Å². The first kappa shape index (κ1) is 19.3. The van der Waals surface area contributed by atoms with E-state index in [0.717, 1.165) is 48.7 Å². The van der Waals surface area contributed by atoms with Gasteiger partial charge in [0.05, 0.1) is 12.1 Å². The lowest BCUT2D eigenvalue weighted by Crippen LogP contribution is -2.48. The van der Waals surface area contributed by atoms with E-state index in [1.54, 1.807) is 6.20 Å². The number of H-pyrrole nitrogens is 1. The van der Waals surface area contributed by atoms with Crippen LogP contribution in [0.15, 0.2) is 55.0 Å². The Kier molecular flexibility index (Phi) is 5.50. The lowest BCUT2D eigenvalue weighted by atomic mass is 9.90. The number of thioether (sulfide) groups is 1. The second kappa shape index (κ2) is 8.57. The van der Waals surface area contributed by atoms with Crippen LogP contribution in [-0.4, -0.2) is 48.2 Å². The summed E-state index contributed by atoms with van der Waals surface area (Å²) in [4.78, 5) is 7.60. The van der Waals surface area contributed by atoms with Gasteiger partial charge in [0, 0.05) is 36.0 Å². The molecular weight excluding hydrogens is 394 g/mol. The summed E-state index contributed by atoms with van der Waals surface area (Å²) in [5.41, 5.74) is 3.44. The molecule has 1 aromatic carbocycles. The van der Waals surface area contributed by atoms with Crippen LogP contribution in [0.2, 0.25) is 0 Å². The van der Waals surface area contributed by atoms with Crippen molar-refractivity contribution in [2.75, 3.05) is 18.1 Å². The number of hydrogen-bond acceptors (Lipinski definition) is 6. The topological polar surface area (TPSA) is 84.3 Å². The van der Waals surface area contributed by atoms with Gasteiger partial charge in [-0.05, 0) is 64.5 Å². The molecule has 4 aromatic rings. The van der Waals surface area contributed by atoms with Gasteiger partial charge in [-0.2, -0.15) is 11.8 Å². The van der Waals surface area contributed by atoms with Crippen LogP contribution in [0.4, 0.5) is 0 Å². The van der Waals surface area contributed by atoms with Gasteiger partial charge in [0.15, 0.2) is 5.82 Å². The summed E-state index contributed by atoms with van der Waals surface area (Å²) in [5.74, 6) is 3.16. The summed E-state index contributed by atoms with van der Waals surface area (Å²) in [7, 11) is 0. The molecule has 8 heteroatoms. The number of fused-ring (bicyclic) bond motifs is 1. The maximum absolute atomic E-state index is 4.48. The summed E-state index contributed by atoms with van der Waals surface area (Å²) in [5, 5.41) is 18.0. The van der Waals surface area contributed by atoms with Crippen LogP contribution in [0.5, 0.6) is 0 Å². The Morgan fingerprint density at radius 2 is 2.03 bits per heavy atom. The average molecular weight is 420 g/mol. The van der Waals surface area contributed by atoms with Crippen molar-refractivity contribution in [1.29, 1.82) is 0 Å². The molecule has 0 saturated carbocycles. The van der Waals surface area contributed by atoms with Crippen molar-refractivity contribution >= 4 is 22.7 Å². The number of aromatic amines is 1. The number of rotatable bonds is 7. The molecule has 5 rings (SSSR count).